The molecule has 3 aromatic carbocycles. The monoisotopic (exact) mass is 427 g/mol. The molecule has 1 N–H and O–H groups in total. The Labute approximate surface area is 180 Å². The van der Waals surface area contributed by atoms with E-state index in [1.54, 1.807) is 50.2 Å². The second kappa shape index (κ2) is 9.72. The summed E-state index contributed by atoms with van der Waals surface area (Å²) in [6, 6.07) is 18.9. The molecule has 6 heteroatoms. The van der Waals surface area contributed by atoms with E-state index in [0.717, 1.165) is 16.2 Å². The van der Waals surface area contributed by atoms with Crippen molar-refractivity contribution in [2.45, 2.75) is 17.6 Å². The van der Waals surface area contributed by atoms with Gasteiger partial charge in [-0.25, -0.2) is 0 Å². The Bertz CT molecular complexity index is 1010. The highest BCUT2D eigenvalue weighted by Crippen LogP contribution is 2.31. The van der Waals surface area contributed by atoms with Crippen LogP contribution in [0.5, 0.6) is 11.5 Å². The van der Waals surface area contributed by atoms with E-state index < -0.39 is 0 Å². The maximum Gasteiger partial charge on any atom is 0.255 e. The number of nitrogens with one attached hydrogen (secondary N) is 1. The van der Waals surface area contributed by atoms with Crippen LogP contribution >= 0.6 is 23.4 Å². The molecule has 1 amide bonds. The highest BCUT2D eigenvalue weighted by atomic mass is 35.5. The van der Waals surface area contributed by atoms with Gasteiger partial charge in [0.1, 0.15) is 11.5 Å². The highest BCUT2D eigenvalue weighted by molar-refractivity contribution is 7.98. The van der Waals surface area contributed by atoms with Crippen LogP contribution in [-0.2, 0) is 5.75 Å². The average Bonchev–Trinajstić information content (AvgIpc) is 2.73. The summed E-state index contributed by atoms with van der Waals surface area (Å²) in [5, 5.41) is 3.39. The summed E-state index contributed by atoms with van der Waals surface area (Å²) in [6.45, 7) is 2.06. The molecule has 0 aliphatic rings. The first kappa shape index (κ1) is 21.1. The third kappa shape index (κ3) is 5.46. The number of thioether (sulfide) groups is 1. The topological polar surface area (TPSA) is 47.6 Å². The molecular formula is C23H22ClNO3S. The van der Waals surface area contributed by atoms with E-state index in [1.165, 1.54) is 5.56 Å². The predicted octanol–water partition coefficient (Wildman–Crippen LogP) is 6.21. The largest absolute Gasteiger partial charge is 0.496 e. The zero-order valence-corrected chi connectivity index (χ0v) is 18.1. The van der Waals surface area contributed by atoms with Crippen molar-refractivity contribution in [3.8, 4) is 11.5 Å². The molecule has 0 aromatic heterocycles. The Hall–Kier alpha value is -2.63. The fraction of sp³-hybridized carbons (Fsp3) is 0.174. The van der Waals surface area contributed by atoms with Crippen molar-refractivity contribution < 1.29 is 14.3 Å². The number of hydrogen-bond donors (Lipinski definition) is 1. The van der Waals surface area contributed by atoms with Crippen LogP contribution in [0, 0.1) is 6.92 Å². The number of ether oxygens (including phenoxy) is 2. The Kier molecular flexibility index (Phi) is 7.07. The van der Waals surface area contributed by atoms with Gasteiger partial charge in [0.05, 0.1) is 19.9 Å². The van der Waals surface area contributed by atoms with E-state index in [-0.39, 0.29) is 5.91 Å². The zero-order chi connectivity index (χ0) is 20.8. The number of benzene rings is 3. The number of rotatable bonds is 7. The fourth-order valence-electron chi connectivity index (χ4n) is 2.80. The van der Waals surface area contributed by atoms with Gasteiger partial charge in [-0.2, -0.15) is 0 Å². The van der Waals surface area contributed by atoms with Crippen molar-refractivity contribution in [2.75, 3.05) is 19.5 Å². The molecule has 0 radical (unpaired) electrons. The minimum absolute atomic E-state index is 0.241. The molecule has 0 atom stereocenters. The van der Waals surface area contributed by atoms with Gasteiger partial charge in [-0.1, -0.05) is 29.3 Å². The van der Waals surface area contributed by atoms with Gasteiger partial charge >= 0.3 is 0 Å². The zero-order valence-electron chi connectivity index (χ0n) is 16.5. The van der Waals surface area contributed by atoms with Gasteiger partial charge in [-0.3, -0.25) is 4.79 Å². The van der Waals surface area contributed by atoms with Gasteiger partial charge in [0.15, 0.2) is 0 Å². The van der Waals surface area contributed by atoms with Gasteiger partial charge in [-0.15, -0.1) is 11.8 Å². The summed E-state index contributed by atoms with van der Waals surface area (Å²) in [6.07, 6.45) is 0. The molecule has 3 rings (SSSR count). The van der Waals surface area contributed by atoms with E-state index in [2.05, 4.69) is 36.5 Å². The summed E-state index contributed by atoms with van der Waals surface area (Å²) >= 11 is 7.75. The number of aryl methyl sites for hydroxylation is 1. The van der Waals surface area contributed by atoms with E-state index in [4.69, 9.17) is 21.1 Å². The number of amides is 1. The molecule has 0 saturated carbocycles. The van der Waals surface area contributed by atoms with Crippen LogP contribution in [-0.4, -0.2) is 20.1 Å². The van der Waals surface area contributed by atoms with Crippen LogP contribution in [0.15, 0.2) is 65.6 Å². The third-order valence-electron chi connectivity index (χ3n) is 4.37. The number of carbonyl (C=O) groups excluding carboxylic acids is 1. The van der Waals surface area contributed by atoms with Gasteiger partial charge in [-0.05, 0) is 55.5 Å². The number of methoxy groups -OCH3 is 2. The number of halogens is 1. The lowest BCUT2D eigenvalue weighted by Gasteiger charge is -2.13. The molecule has 29 heavy (non-hydrogen) atoms. The normalized spacial score (nSPS) is 10.5. The molecule has 0 unspecified atom stereocenters. The SMILES string of the molecule is COc1ccc(C(=O)Nc2cc(Cl)ccc2OC)cc1CSc1ccc(C)cc1. The van der Waals surface area contributed by atoms with Crippen molar-refractivity contribution in [1.82, 2.24) is 0 Å². The average molecular weight is 428 g/mol. The number of carbonyl (C=O) groups is 1. The van der Waals surface area contributed by atoms with Crippen LogP contribution in [0.2, 0.25) is 5.02 Å². The van der Waals surface area contributed by atoms with Gasteiger partial charge in [0, 0.05) is 26.8 Å². The minimum atomic E-state index is -0.241. The summed E-state index contributed by atoms with van der Waals surface area (Å²) in [4.78, 5) is 14.0. The van der Waals surface area contributed by atoms with Crippen molar-refractivity contribution in [2.24, 2.45) is 0 Å². The molecule has 0 fully saturated rings. The molecule has 0 heterocycles. The standard InChI is InChI=1S/C23H22ClNO3S/c1-15-4-8-19(9-5-15)29-14-17-12-16(6-10-21(17)27-2)23(26)25-20-13-18(24)7-11-22(20)28-3/h4-13H,14H2,1-3H3,(H,25,26). The smallest absolute Gasteiger partial charge is 0.255 e. The maximum absolute atomic E-state index is 12.8. The fourth-order valence-corrected chi connectivity index (χ4v) is 3.85. The van der Waals surface area contributed by atoms with Crippen LogP contribution in [0.1, 0.15) is 21.5 Å². The van der Waals surface area contributed by atoms with Crippen molar-refractivity contribution in [3.05, 3.63) is 82.4 Å². The summed E-state index contributed by atoms with van der Waals surface area (Å²) in [5.74, 6) is 1.75. The highest BCUT2D eigenvalue weighted by Gasteiger charge is 2.13. The summed E-state index contributed by atoms with van der Waals surface area (Å²) < 4.78 is 10.8. The second-order valence-electron chi connectivity index (χ2n) is 6.43. The summed E-state index contributed by atoms with van der Waals surface area (Å²) in [5.41, 5.74) is 3.23. The molecule has 0 spiro atoms. The Morgan fingerprint density at radius 1 is 0.966 bits per heavy atom. The van der Waals surface area contributed by atoms with E-state index in [0.29, 0.717) is 27.8 Å². The first-order chi connectivity index (χ1) is 14.0. The quantitative estimate of drug-likeness (QED) is 0.455. The maximum atomic E-state index is 12.8. The molecule has 150 valence electrons. The van der Waals surface area contributed by atoms with Crippen molar-refractivity contribution in [1.29, 1.82) is 0 Å². The lowest BCUT2D eigenvalue weighted by molar-refractivity contribution is 0.102. The van der Waals surface area contributed by atoms with E-state index >= 15 is 0 Å². The van der Waals surface area contributed by atoms with Crippen LogP contribution in [0.4, 0.5) is 5.69 Å². The minimum Gasteiger partial charge on any atom is -0.496 e. The lowest BCUT2D eigenvalue weighted by Crippen LogP contribution is -2.13. The third-order valence-corrected chi connectivity index (χ3v) is 5.66. The molecule has 0 aliphatic heterocycles. The Morgan fingerprint density at radius 2 is 1.66 bits per heavy atom. The predicted molar refractivity (Wildman–Crippen MR) is 120 cm³/mol. The van der Waals surface area contributed by atoms with E-state index in [1.807, 2.05) is 12.1 Å². The number of hydrogen-bond acceptors (Lipinski definition) is 4. The lowest BCUT2D eigenvalue weighted by atomic mass is 10.1. The van der Waals surface area contributed by atoms with E-state index in [9.17, 15) is 4.79 Å². The van der Waals surface area contributed by atoms with Gasteiger partial charge in [0.2, 0.25) is 0 Å². The van der Waals surface area contributed by atoms with Crippen molar-refractivity contribution >= 4 is 35.0 Å². The molecule has 0 saturated heterocycles. The van der Waals surface area contributed by atoms with Crippen LogP contribution in [0.25, 0.3) is 0 Å². The van der Waals surface area contributed by atoms with Gasteiger partial charge in [0.25, 0.3) is 5.91 Å². The van der Waals surface area contributed by atoms with Crippen LogP contribution < -0.4 is 14.8 Å². The molecule has 3 aromatic rings. The molecule has 0 bridgehead atoms. The molecule has 4 nitrogen and oxygen atoms in total. The Morgan fingerprint density at radius 3 is 2.34 bits per heavy atom. The first-order valence-electron chi connectivity index (χ1n) is 9.01. The van der Waals surface area contributed by atoms with Gasteiger partial charge < -0.3 is 14.8 Å². The molecule has 0 aliphatic carbocycles. The second-order valence-corrected chi connectivity index (χ2v) is 7.91. The first-order valence-corrected chi connectivity index (χ1v) is 10.4. The van der Waals surface area contributed by atoms with Crippen LogP contribution in [0.3, 0.4) is 0 Å². The Balaban J connectivity index is 1.79. The number of anilines is 1. The van der Waals surface area contributed by atoms with Crippen molar-refractivity contribution in [3.63, 3.8) is 0 Å². The summed E-state index contributed by atoms with van der Waals surface area (Å²) in [7, 11) is 3.18. The molecular weight excluding hydrogens is 406 g/mol.